The number of alkyl halides is 6. The molecule has 0 amide bonds. The van der Waals surface area contributed by atoms with E-state index in [2.05, 4.69) is 25.1 Å². The molecule has 3 aromatic heterocycles. The Balaban J connectivity index is 1.67. The maximum Gasteiger partial charge on any atom is 0.391 e. The zero-order valence-electron chi connectivity index (χ0n) is 19.3. The van der Waals surface area contributed by atoms with E-state index in [1.807, 2.05) is 0 Å². The summed E-state index contributed by atoms with van der Waals surface area (Å²) in [6, 6.07) is 1.11. The molecule has 1 aliphatic rings. The van der Waals surface area contributed by atoms with Crippen molar-refractivity contribution in [2.75, 3.05) is 11.4 Å². The van der Waals surface area contributed by atoms with E-state index in [1.165, 1.54) is 34.6 Å². The van der Waals surface area contributed by atoms with Crippen LogP contribution in [0, 0.1) is 18.6 Å². The van der Waals surface area contributed by atoms with Crippen LogP contribution in [0.2, 0.25) is 0 Å². The lowest BCUT2D eigenvalue weighted by Gasteiger charge is -2.38. The Morgan fingerprint density at radius 2 is 1.74 bits per heavy atom. The van der Waals surface area contributed by atoms with Crippen molar-refractivity contribution in [3.8, 4) is 23.0 Å². The van der Waals surface area contributed by atoms with Crippen LogP contribution in [0.5, 0.6) is 0 Å². The molecule has 16 heteroatoms. The molecule has 1 atom stereocenters. The molecule has 8 nitrogen and oxygen atoms in total. The first kappa shape index (κ1) is 25.5. The van der Waals surface area contributed by atoms with Gasteiger partial charge in [0.2, 0.25) is 5.95 Å². The van der Waals surface area contributed by atoms with Crippen LogP contribution in [0.25, 0.3) is 23.0 Å². The van der Waals surface area contributed by atoms with E-state index in [4.69, 9.17) is 0 Å². The molecule has 0 N–H and O–H groups in total. The molecule has 0 saturated carbocycles. The lowest BCUT2D eigenvalue weighted by molar-refractivity contribution is -0.141. The van der Waals surface area contributed by atoms with Crippen LogP contribution in [0.4, 0.5) is 40.9 Å². The van der Waals surface area contributed by atoms with Crippen LogP contribution in [-0.2, 0) is 0 Å². The zero-order valence-corrected chi connectivity index (χ0v) is 19.3. The van der Waals surface area contributed by atoms with E-state index in [9.17, 15) is 35.1 Å². The summed E-state index contributed by atoms with van der Waals surface area (Å²) in [5.74, 6) is -2.31. The number of hydrogen-bond donors (Lipinski definition) is 0. The van der Waals surface area contributed by atoms with Crippen LogP contribution < -0.4 is 4.90 Å². The Bertz CT molecular complexity index is 1490. The molecule has 0 aliphatic carbocycles. The van der Waals surface area contributed by atoms with Crippen molar-refractivity contribution in [2.24, 2.45) is 0 Å². The molecule has 0 radical (unpaired) electrons. The molecule has 0 saturated heterocycles. The van der Waals surface area contributed by atoms with Crippen molar-refractivity contribution in [1.29, 1.82) is 0 Å². The number of rotatable bonds is 5. The summed E-state index contributed by atoms with van der Waals surface area (Å²) in [5.41, 5.74) is -0.0555. The minimum absolute atomic E-state index is 0.0619. The number of aryl methyl sites for hydroxylation is 1. The van der Waals surface area contributed by atoms with Gasteiger partial charge in [-0.15, -0.1) is 10.2 Å². The maximum atomic E-state index is 14.5. The Labute approximate surface area is 208 Å². The number of anilines is 1. The van der Waals surface area contributed by atoms with Gasteiger partial charge in [0, 0.05) is 25.0 Å². The van der Waals surface area contributed by atoms with Crippen molar-refractivity contribution < 1.29 is 35.1 Å². The van der Waals surface area contributed by atoms with Gasteiger partial charge >= 0.3 is 12.4 Å². The fraction of sp³-hybridized carbons (Fsp3) is 0.318. The highest BCUT2D eigenvalue weighted by atomic mass is 19.4. The van der Waals surface area contributed by atoms with Gasteiger partial charge in [-0.2, -0.15) is 31.3 Å². The van der Waals surface area contributed by atoms with E-state index >= 15 is 0 Å². The molecule has 200 valence electrons. The third-order valence-corrected chi connectivity index (χ3v) is 5.86. The average Bonchev–Trinajstić information content (AvgIpc) is 3.44. The van der Waals surface area contributed by atoms with E-state index in [0.717, 1.165) is 17.0 Å². The van der Waals surface area contributed by atoms with Crippen LogP contribution >= 0.6 is 0 Å². The summed E-state index contributed by atoms with van der Waals surface area (Å²) in [6.07, 6.45) is -8.58. The number of halogens is 8. The number of hydrogen-bond acceptors (Lipinski definition) is 6. The van der Waals surface area contributed by atoms with Gasteiger partial charge in [-0.1, -0.05) is 0 Å². The third kappa shape index (κ3) is 4.77. The van der Waals surface area contributed by atoms with Gasteiger partial charge in [0.15, 0.2) is 11.6 Å². The fourth-order valence-corrected chi connectivity index (χ4v) is 4.29. The lowest BCUT2D eigenvalue weighted by Crippen LogP contribution is -2.40. The topological polar surface area (TPSA) is 77.5 Å². The second kappa shape index (κ2) is 9.02. The van der Waals surface area contributed by atoms with E-state index in [-0.39, 0.29) is 40.5 Å². The molecular weight excluding hydrogens is 528 g/mol. The summed E-state index contributed by atoms with van der Waals surface area (Å²) in [6.45, 7) is 0.610. The molecule has 4 aromatic rings. The number of aromatic nitrogens is 7. The SMILES string of the molecule is Cc1nnc2n1-c1cnc(-n3ccnc3-c3ccc(F)cc3F)nc1N(CCC(F)(F)F)C2CC(F)(F)F. The summed E-state index contributed by atoms with van der Waals surface area (Å²) in [7, 11) is 0. The zero-order chi connectivity index (χ0) is 27.4. The Morgan fingerprint density at radius 1 is 0.974 bits per heavy atom. The van der Waals surface area contributed by atoms with Crippen molar-refractivity contribution in [1.82, 2.24) is 34.3 Å². The molecule has 4 heterocycles. The second-order valence-electron chi connectivity index (χ2n) is 8.46. The van der Waals surface area contributed by atoms with E-state index in [0.29, 0.717) is 6.07 Å². The minimum Gasteiger partial charge on any atom is -0.344 e. The minimum atomic E-state index is -4.75. The van der Waals surface area contributed by atoms with E-state index in [1.54, 1.807) is 0 Å². The quantitative estimate of drug-likeness (QED) is 0.319. The summed E-state index contributed by atoms with van der Waals surface area (Å²) in [4.78, 5) is 13.4. The molecule has 5 rings (SSSR count). The molecule has 1 unspecified atom stereocenters. The van der Waals surface area contributed by atoms with E-state index < -0.39 is 49.4 Å². The largest absolute Gasteiger partial charge is 0.391 e. The van der Waals surface area contributed by atoms with Gasteiger partial charge in [-0.3, -0.25) is 9.13 Å². The summed E-state index contributed by atoms with van der Waals surface area (Å²) in [5, 5.41) is 7.62. The number of benzene rings is 1. The van der Waals surface area contributed by atoms with Gasteiger partial charge < -0.3 is 4.90 Å². The number of fused-ring (bicyclic) bond motifs is 3. The predicted octanol–water partition coefficient (Wildman–Crippen LogP) is 5.26. The maximum absolute atomic E-state index is 14.5. The third-order valence-electron chi connectivity index (χ3n) is 5.86. The van der Waals surface area contributed by atoms with Crippen LogP contribution in [-0.4, -0.2) is 53.2 Å². The summed E-state index contributed by atoms with van der Waals surface area (Å²) >= 11 is 0. The Hall–Kier alpha value is -4.11. The molecule has 0 spiro atoms. The van der Waals surface area contributed by atoms with Gasteiger partial charge in [0.1, 0.15) is 29.0 Å². The fourth-order valence-electron chi connectivity index (χ4n) is 4.29. The first-order valence-electron chi connectivity index (χ1n) is 11.0. The van der Waals surface area contributed by atoms with Gasteiger partial charge in [-0.05, 0) is 19.1 Å². The van der Waals surface area contributed by atoms with Crippen molar-refractivity contribution in [2.45, 2.75) is 38.2 Å². The Kier molecular flexibility index (Phi) is 6.06. The molecule has 0 fully saturated rings. The van der Waals surface area contributed by atoms with Gasteiger partial charge in [-0.25, -0.2) is 18.7 Å². The van der Waals surface area contributed by atoms with Crippen molar-refractivity contribution in [3.05, 3.63) is 60.1 Å². The number of nitrogens with zero attached hydrogens (tertiary/aromatic N) is 8. The molecule has 38 heavy (non-hydrogen) atoms. The lowest BCUT2D eigenvalue weighted by atomic mass is 10.1. The smallest absolute Gasteiger partial charge is 0.344 e. The van der Waals surface area contributed by atoms with Crippen LogP contribution in [0.1, 0.15) is 30.5 Å². The highest BCUT2D eigenvalue weighted by Crippen LogP contribution is 2.43. The molecule has 1 aliphatic heterocycles. The van der Waals surface area contributed by atoms with Crippen molar-refractivity contribution >= 4 is 5.82 Å². The van der Waals surface area contributed by atoms with Crippen LogP contribution in [0.15, 0.2) is 36.8 Å². The average molecular weight is 544 g/mol. The van der Waals surface area contributed by atoms with Gasteiger partial charge in [0.05, 0.1) is 30.6 Å². The monoisotopic (exact) mass is 544 g/mol. The highest BCUT2D eigenvalue weighted by molar-refractivity contribution is 5.64. The summed E-state index contributed by atoms with van der Waals surface area (Å²) < 4.78 is 111. The highest BCUT2D eigenvalue weighted by Gasteiger charge is 2.44. The van der Waals surface area contributed by atoms with Crippen LogP contribution in [0.3, 0.4) is 0 Å². The Morgan fingerprint density at radius 3 is 2.42 bits per heavy atom. The molecule has 1 aromatic carbocycles. The normalized spacial score (nSPS) is 15.5. The standard InChI is InChI=1S/C22H16F8N8/c1-11-34-35-19-15(9-22(28,29)30)36(6-4-21(25,26)27)18-16(38(11)19)10-32-20(33-18)37-7-5-31-17(37)13-3-2-12(23)8-14(13)24/h2-3,5,7-8,10,15H,4,6,9H2,1H3. The molecular formula is C22H16F8N8. The van der Waals surface area contributed by atoms with Crippen molar-refractivity contribution in [3.63, 3.8) is 0 Å². The first-order valence-corrected chi connectivity index (χ1v) is 11.0. The second-order valence-corrected chi connectivity index (χ2v) is 8.46. The predicted molar refractivity (Wildman–Crippen MR) is 116 cm³/mol. The first-order chi connectivity index (χ1) is 17.8. The van der Waals surface area contributed by atoms with Gasteiger partial charge in [0.25, 0.3) is 0 Å². The number of imidazole rings is 1. The molecule has 0 bridgehead atoms.